The number of carbonyl (C=O) groups is 2. The van der Waals surface area contributed by atoms with E-state index in [1.54, 1.807) is 21.8 Å². The SMILES string of the molecule is O=C(Nc1ccc(-n2cccn2)cc1)[C@H]1CCCCN1C(=O)c1ccnnc1. The highest BCUT2D eigenvalue weighted by Gasteiger charge is 2.32. The van der Waals surface area contributed by atoms with E-state index in [9.17, 15) is 9.59 Å². The minimum atomic E-state index is -0.500. The number of hydrogen-bond donors (Lipinski definition) is 1. The highest BCUT2D eigenvalue weighted by Crippen LogP contribution is 2.21. The molecular weight excluding hydrogens is 356 g/mol. The van der Waals surface area contributed by atoms with E-state index < -0.39 is 6.04 Å². The van der Waals surface area contributed by atoms with E-state index in [2.05, 4.69) is 20.6 Å². The van der Waals surface area contributed by atoms with E-state index in [4.69, 9.17) is 0 Å². The first kappa shape index (κ1) is 17.8. The lowest BCUT2D eigenvalue weighted by molar-refractivity contribution is -0.121. The van der Waals surface area contributed by atoms with Crippen LogP contribution in [0.25, 0.3) is 5.69 Å². The molecule has 28 heavy (non-hydrogen) atoms. The van der Waals surface area contributed by atoms with Crippen LogP contribution in [0.15, 0.2) is 61.2 Å². The van der Waals surface area contributed by atoms with Gasteiger partial charge >= 0.3 is 0 Å². The number of nitrogens with one attached hydrogen (secondary N) is 1. The molecule has 0 bridgehead atoms. The Labute approximate surface area is 162 Å². The van der Waals surface area contributed by atoms with Crippen molar-refractivity contribution in [3.8, 4) is 5.69 Å². The molecule has 0 unspecified atom stereocenters. The molecule has 4 rings (SSSR count). The summed E-state index contributed by atoms with van der Waals surface area (Å²) < 4.78 is 1.75. The van der Waals surface area contributed by atoms with Gasteiger partial charge in [-0.05, 0) is 55.7 Å². The number of rotatable bonds is 4. The quantitative estimate of drug-likeness (QED) is 0.754. The molecule has 8 heteroatoms. The monoisotopic (exact) mass is 376 g/mol. The minimum Gasteiger partial charge on any atom is -0.327 e. The third-order valence-corrected chi connectivity index (χ3v) is 4.80. The molecule has 2 aromatic heterocycles. The van der Waals surface area contributed by atoms with Crippen molar-refractivity contribution < 1.29 is 9.59 Å². The van der Waals surface area contributed by atoms with Crippen LogP contribution in [0.5, 0.6) is 0 Å². The summed E-state index contributed by atoms with van der Waals surface area (Å²) in [5.41, 5.74) is 2.03. The Bertz CT molecular complexity index is 941. The van der Waals surface area contributed by atoms with E-state index in [1.807, 2.05) is 36.5 Å². The summed E-state index contributed by atoms with van der Waals surface area (Å²) in [6, 6.07) is 10.4. The molecule has 0 aliphatic carbocycles. The maximum Gasteiger partial charge on any atom is 0.256 e. The maximum atomic E-state index is 12.9. The Morgan fingerprint density at radius 2 is 1.89 bits per heavy atom. The summed E-state index contributed by atoms with van der Waals surface area (Å²) in [4.78, 5) is 27.3. The molecule has 1 atom stereocenters. The highest BCUT2D eigenvalue weighted by atomic mass is 16.2. The summed E-state index contributed by atoms with van der Waals surface area (Å²) in [7, 11) is 0. The van der Waals surface area contributed by atoms with Crippen molar-refractivity contribution in [2.75, 3.05) is 11.9 Å². The first-order valence-corrected chi connectivity index (χ1v) is 9.21. The Hall–Kier alpha value is -3.55. The molecular formula is C20H20N6O2. The van der Waals surface area contributed by atoms with Gasteiger partial charge in [0.05, 0.1) is 23.6 Å². The highest BCUT2D eigenvalue weighted by molar-refractivity contribution is 6.01. The molecule has 8 nitrogen and oxygen atoms in total. The zero-order valence-electron chi connectivity index (χ0n) is 15.2. The van der Waals surface area contributed by atoms with Gasteiger partial charge in [-0.2, -0.15) is 15.3 Å². The van der Waals surface area contributed by atoms with Gasteiger partial charge in [-0.25, -0.2) is 4.68 Å². The first-order valence-electron chi connectivity index (χ1n) is 9.21. The van der Waals surface area contributed by atoms with Gasteiger partial charge in [0.1, 0.15) is 6.04 Å². The molecule has 3 aromatic rings. The number of carbonyl (C=O) groups excluding carboxylic acids is 2. The van der Waals surface area contributed by atoms with Gasteiger partial charge in [0.15, 0.2) is 0 Å². The predicted octanol–water partition coefficient (Wildman–Crippen LogP) is 2.30. The lowest BCUT2D eigenvalue weighted by Crippen LogP contribution is -2.50. The number of piperidine rings is 1. The van der Waals surface area contributed by atoms with Gasteiger partial charge in [-0.1, -0.05) is 0 Å². The van der Waals surface area contributed by atoms with Crippen LogP contribution in [-0.2, 0) is 4.79 Å². The van der Waals surface area contributed by atoms with Crippen LogP contribution in [0.2, 0.25) is 0 Å². The van der Waals surface area contributed by atoms with E-state index >= 15 is 0 Å². The average molecular weight is 376 g/mol. The molecule has 2 amide bonds. The lowest BCUT2D eigenvalue weighted by atomic mass is 10.00. The van der Waals surface area contributed by atoms with Crippen LogP contribution >= 0.6 is 0 Å². The number of anilines is 1. The van der Waals surface area contributed by atoms with Crippen molar-refractivity contribution in [3.05, 3.63) is 66.7 Å². The smallest absolute Gasteiger partial charge is 0.256 e. The Morgan fingerprint density at radius 1 is 1.04 bits per heavy atom. The van der Waals surface area contributed by atoms with Crippen molar-refractivity contribution in [1.29, 1.82) is 0 Å². The number of benzene rings is 1. The summed E-state index contributed by atoms with van der Waals surface area (Å²) in [6.45, 7) is 0.553. The molecule has 1 aliphatic heterocycles. The van der Waals surface area contributed by atoms with Gasteiger partial charge in [0, 0.05) is 24.6 Å². The molecule has 1 fully saturated rings. The van der Waals surface area contributed by atoms with E-state index in [0.29, 0.717) is 24.2 Å². The molecule has 142 valence electrons. The van der Waals surface area contributed by atoms with Crippen LogP contribution in [0.3, 0.4) is 0 Å². The molecule has 1 N–H and O–H groups in total. The van der Waals surface area contributed by atoms with Crippen molar-refractivity contribution in [3.63, 3.8) is 0 Å². The summed E-state index contributed by atoms with van der Waals surface area (Å²) >= 11 is 0. The normalized spacial score (nSPS) is 16.6. The number of hydrogen-bond acceptors (Lipinski definition) is 5. The second-order valence-corrected chi connectivity index (χ2v) is 6.63. The van der Waals surface area contributed by atoms with Gasteiger partial charge in [0.25, 0.3) is 5.91 Å². The number of amides is 2. The fourth-order valence-electron chi connectivity index (χ4n) is 3.37. The molecule has 0 radical (unpaired) electrons. The fourth-order valence-corrected chi connectivity index (χ4v) is 3.37. The third kappa shape index (κ3) is 3.75. The van der Waals surface area contributed by atoms with Crippen LogP contribution < -0.4 is 5.32 Å². The summed E-state index contributed by atoms with van der Waals surface area (Å²) in [6.07, 6.45) is 8.91. The topological polar surface area (TPSA) is 93.0 Å². The van der Waals surface area contributed by atoms with E-state index in [1.165, 1.54) is 12.4 Å². The first-order chi connectivity index (χ1) is 13.7. The van der Waals surface area contributed by atoms with Gasteiger partial charge in [-0.3, -0.25) is 9.59 Å². The minimum absolute atomic E-state index is 0.179. The zero-order valence-corrected chi connectivity index (χ0v) is 15.2. The van der Waals surface area contributed by atoms with Crippen LogP contribution in [0.1, 0.15) is 29.6 Å². The Balaban J connectivity index is 1.47. The van der Waals surface area contributed by atoms with Crippen LogP contribution in [0.4, 0.5) is 5.69 Å². The average Bonchev–Trinajstić information content (AvgIpc) is 3.29. The second kappa shape index (κ2) is 7.99. The lowest BCUT2D eigenvalue weighted by Gasteiger charge is -2.34. The van der Waals surface area contributed by atoms with Gasteiger partial charge < -0.3 is 10.2 Å². The summed E-state index contributed by atoms with van der Waals surface area (Å²) in [5, 5.41) is 14.6. The number of likely N-dealkylation sites (tertiary alicyclic amines) is 1. The largest absolute Gasteiger partial charge is 0.327 e. The Kier molecular flexibility index (Phi) is 5.09. The van der Waals surface area contributed by atoms with Gasteiger partial charge in [0.2, 0.25) is 5.91 Å². The maximum absolute atomic E-state index is 12.9. The summed E-state index contributed by atoms with van der Waals surface area (Å²) in [5.74, 6) is -0.370. The second-order valence-electron chi connectivity index (χ2n) is 6.63. The third-order valence-electron chi connectivity index (χ3n) is 4.80. The molecule has 1 aromatic carbocycles. The van der Waals surface area contributed by atoms with E-state index in [0.717, 1.165) is 18.5 Å². The standard InChI is InChI=1S/C20H20N6O2/c27-19(24-16-5-7-17(8-6-16)26-13-3-10-23-26)18-4-1-2-12-25(18)20(28)15-9-11-21-22-14-15/h3,5-11,13-14,18H,1-2,4,12H2,(H,24,27)/t18-/m1/s1. The van der Waals surface area contributed by atoms with Crippen molar-refractivity contribution in [2.45, 2.75) is 25.3 Å². The van der Waals surface area contributed by atoms with Crippen molar-refractivity contribution >= 4 is 17.5 Å². The van der Waals surface area contributed by atoms with Crippen LogP contribution in [-0.4, -0.2) is 49.3 Å². The van der Waals surface area contributed by atoms with Crippen LogP contribution in [0, 0.1) is 0 Å². The Morgan fingerprint density at radius 3 is 2.61 bits per heavy atom. The van der Waals surface area contributed by atoms with E-state index in [-0.39, 0.29) is 11.8 Å². The molecule has 3 heterocycles. The molecule has 0 saturated carbocycles. The molecule has 1 aliphatic rings. The van der Waals surface area contributed by atoms with Crippen molar-refractivity contribution in [2.24, 2.45) is 0 Å². The molecule has 0 spiro atoms. The zero-order chi connectivity index (χ0) is 19.3. The predicted molar refractivity (Wildman–Crippen MR) is 103 cm³/mol. The van der Waals surface area contributed by atoms with Crippen molar-refractivity contribution in [1.82, 2.24) is 24.9 Å². The fraction of sp³-hybridized carbons (Fsp3) is 0.250. The van der Waals surface area contributed by atoms with Gasteiger partial charge in [-0.15, -0.1) is 0 Å². The molecule has 1 saturated heterocycles. The number of nitrogens with zero attached hydrogens (tertiary/aromatic N) is 5. The number of aromatic nitrogens is 4.